The lowest BCUT2D eigenvalue weighted by Crippen LogP contribution is -2.33. The van der Waals surface area contributed by atoms with Crippen molar-refractivity contribution < 1.29 is 14.3 Å². The Morgan fingerprint density at radius 1 is 1.32 bits per heavy atom. The SMILES string of the molecule is CCNC(=NCC(=O)NC1CC1)Nc1cccc(OCCCOC)c1. The summed E-state index contributed by atoms with van der Waals surface area (Å²) in [5.74, 6) is 1.31. The van der Waals surface area contributed by atoms with Gasteiger partial charge in [-0.25, -0.2) is 4.99 Å². The van der Waals surface area contributed by atoms with Crippen LogP contribution in [0.15, 0.2) is 29.3 Å². The van der Waals surface area contributed by atoms with Gasteiger partial charge in [0.25, 0.3) is 0 Å². The first-order chi connectivity index (χ1) is 12.2. The topological polar surface area (TPSA) is 84.0 Å². The van der Waals surface area contributed by atoms with Crippen LogP contribution < -0.4 is 20.7 Å². The molecule has 1 fully saturated rings. The smallest absolute Gasteiger partial charge is 0.242 e. The summed E-state index contributed by atoms with van der Waals surface area (Å²) in [6.07, 6.45) is 2.99. The Kier molecular flexibility index (Phi) is 8.04. The average Bonchev–Trinajstić information content (AvgIpc) is 3.41. The molecule has 0 radical (unpaired) electrons. The normalized spacial score (nSPS) is 14.1. The number of carbonyl (C=O) groups excluding carboxylic acids is 1. The summed E-state index contributed by atoms with van der Waals surface area (Å²) >= 11 is 0. The Bertz CT molecular complexity index is 573. The van der Waals surface area contributed by atoms with Crippen LogP contribution in [0.5, 0.6) is 5.75 Å². The van der Waals surface area contributed by atoms with Crippen molar-refractivity contribution in [2.24, 2.45) is 4.99 Å². The van der Waals surface area contributed by atoms with Crippen molar-refractivity contribution in [2.75, 3.05) is 38.7 Å². The highest BCUT2D eigenvalue weighted by atomic mass is 16.5. The average molecular weight is 348 g/mol. The second kappa shape index (κ2) is 10.6. The quantitative estimate of drug-likeness (QED) is 0.341. The number of hydrogen-bond acceptors (Lipinski definition) is 4. The van der Waals surface area contributed by atoms with Crippen LogP contribution in [0, 0.1) is 0 Å². The van der Waals surface area contributed by atoms with E-state index in [1.54, 1.807) is 7.11 Å². The summed E-state index contributed by atoms with van der Waals surface area (Å²) in [4.78, 5) is 16.1. The Hall–Kier alpha value is -2.28. The van der Waals surface area contributed by atoms with Gasteiger partial charge in [-0.1, -0.05) is 6.07 Å². The minimum atomic E-state index is -0.0464. The van der Waals surface area contributed by atoms with Crippen molar-refractivity contribution in [3.63, 3.8) is 0 Å². The van der Waals surface area contributed by atoms with E-state index in [4.69, 9.17) is 9.47 Å². The van der Waals surface area contributed by atoms with Crippen molar-refractivity contribution in [2.45, 2.75) is 32.2 Å². The number of nitrogens with zero attached hydrogens (tertiary/aromatic N) is 1. The first-order valence-electron chi connectivity index (χ1n) is 8.77. The largest absolute Gasteiger partial charge is 0.493 e. The van der Waals surface area contributed by atoms with E-state index in [9.17, 15) is 4.79 Å². The number of benzene rings is 1. The van der Waals surface area contributed by atoms with Crippen LogP contribution in [0.3, 0.4) is 0 Å². The molecular formula is C18H28N4O3. The molecule has 0 heterocycles. The molecule has 3 N–H and O–H groups in total. The number of amides is 1. The fraction of sp³-hybridized carbons (Fsp3) is 0.556. The number of guanidine groups is 1. The first kappa shape index (κ1) is 19.1. The van der Waals surface area contributed by atoms with Crippen LogP contribution in [-0.2, 0) is 9.53 Å². The van der Waals surface area contributed by atoms with Crippen molar-refractivity contribution in [3.8, 4) is 5.75 Å². The predicted molar refractivity (Wildman–Crippen MR) is 99.2 cm³/mol. The molecule has 7 nitrogen and oxygen atoms in total. The third kappa shape index (κ3) is 7.89. The Balaban J connectivity index is 1.87. The number of ether oxygens (including phenoxy) is 2. The van der Waals surface area contributed by atoms with Crippen LogP contribution in [0.4, 0.5) is 5.69 Å². The Morgan fingerprint density at radius 3 is 2.88 bits per heavy atom. The van der Waals surface area contributed by atoms with Crippen LogP contribution in [0.2, 0.25) is 0 Å². The molecule has 1 saturated carbocycles. The maximum atomic E-state index is 11.8. The van der Waals surface area contributed by atoms with Gasteiger partial charge >= 0.3 is 0 Å². The third-order valence-electron chi connectivity index (χ3n) is 3.53. The molecule has 1 aliphatic carbocycles. The molecule has 25 heavy (non-hydrogen) atoms. The van der Waals surface area contributed by atoms with E-state index in [1.807, 2.05) is 31.2 Å². The number of aliphatic imine (C=N–C) groups is 1. The number of hydrogen-bond donors (Lipinski definition) is 3. The lowest BCUT2D eigenvalue weighted by molar-refractivity contribution is -0.119. The van der Waals surface area contributed by atoms with Gasteiger partial charge in [0.1, 0.15) is 12.3 Å². The molecule has 7 heteroatoms. The van der Waals surface area contributed by atoms with Crippen LogP contribution in [0.1, 0.15) is 26.2 Å². The molecule has 0 spiro atoms. The number of anilines is 1. The molecule has 1 aromatic carbocycles. The first-order valence-corrected chi connectivity index (χ1v) is 8.77. The summed E-state index contributed by atoms with van der Waals surface area (Å²) in [6, 6.07) is 8.01. The summed E-state index contributed by atoms with van der Waals surface area (Å²) in [7, 11) is 1.68. The molecule has 1 aliphatic rings. The van der Waals surface area contributed by atoms with Gasteiger partial charge in [-0.15, -0.1) is 0 Å². The van der Waals surface area contributed by atoms with Crippen molar-refractivity contribution >= 4 is 17.6 Å². The van der Waals surface area contributed by atoms with Gasteiger partial charge in [-0.05, 0) is 31.9 Å². The van der Waals surface area contributed by atoms with E-state index in [2.05, 4.69) is 20.9 Å². The zero-order chi connectivity index (χ0) is 17.9. The van der Waals surface area contributed by atoms with E-state index in [-0.39, 0.29) is 12.5 Å². The van der Waals surface area contributed by atoms with Gasteiger partial charge in [-0.3, -0.25) is 4.79 Å². The van der Waals surface area contributed by atoms with Crippen LogP contribution >= 0.6 is 0 Å². The van der Waals surface area contributed by atoms with Crippen molar-refractivity contribution in [3.05, 3.63) is 24.3 Å². The van der Waals surface area contributed by atoms with E-state index in [0.717, 1.165) is 30.7 Å². The monoisotopic (exact) mass is 348 g/mol. The van der Waals surface area contributed by atoms with E-state index >= 15 is 0 Å². The fourth-order valence-electron chi connectivity index (χ4n) is 2.15. The molecule has 0 atom stereocenters. The fourth-order valence-corrected chi connectivity index (χ4v) is 2.15. The van der Waals surface area contributed by atoms with Gasteiger partial charge in [0.15, 0.2) is 5.96 Å². The van der Waals surface area contributed by atoms with Crippen molar-refractivity contribution in [1.82, 2.24) is 10.6 Å². The molecule has 0 bridgehead atoms. The van der Waals surface area contributed by atoms with Crippen molar-refractivity contribution in [1.29, 1.82) is 0 Å². The third-order valence-corrected chi connectivity index (χ3v) is 3.53. The summed E-state index contributed by atoms with van der Waals surface area (Å²) < 4.78 is 10.7. The minimum Gasteiger partial charge on any atom is -0.493 e. The molecule has 0 unspecified atom stereocenters. The number of methoxy groups -OCH3 is 1. The molecule has 1 amide bonds. The number of carbonyl (C=O) groups is 1. The summed E-state index contributed by atoms with van der Waals surface area (Å²) in [5, 5.41) is 9.26. The highest BCUT2D eigenvalue weighted by molar-refractivity contribution is 5.95. The maximum Gasteiger partial charge on any atom is 0.242 e. The molecule has 2 rings (SSSR count). The maximum absolute atomic E-state index is 11.8. The zero-order valence-electron chi connectivity index (χ0n) is 15.0. The van der Waals surface area contributed by atoms with Gasteiger partial charge in [0, 0.05) is 44.5 Å². The van der Waals surface area contributed by atoms with E-state index < -0.39 is 0 Å². The highest BCUT2D eigenvalue weighted by Crippen LogP contribution is 2.18. The van der Waals surface area contributed by atoms with Crippen LogP contribution in [0.25, 0.3) is 0 Å². The lowest BCUT2D eigenvalue weighted by atomic mass is 10.3. The summed E-state index contributed by atoms with van der Waals surface area (Å²) in [6.45, 7) is 4.09. The van der Waals surface area contributed by atoms with Gasteiger partial charge < -0.3 is 25.4 Å². The molecule has 138 valence electrons. The van der Waals surface area contributed by atoms with E-state index in [0.29, 0.717) is 31.8 Å². The molecular weight excluding hydrogens is 320 g/mol. The Morgan fingerprint density at radius 2 is 2.16 bits per heavy atom. The molecule has 0 saturated heterocycles. The predicted octanol–water partition coefficient (Wildman–Crippen LogP) is 1.76. The van der Waals surface area contributed by atoms with Gasteiger partial charge in [-0.2, -0.15) is 0 Å². The summed E-state index contributed by atoms with van der Waals surface area (Å²) in [5.41, 5.74) is 0.853. The Labute approximate surface area is 149 Å². The van der Waals surface area contributed by atoms with Gasteiger partial charge in [0.05, 0.1) is 6.61 Å². The molecule has 0 aromatic heterocycles. The lowest BCUT2D eigenvalue weighted by Gasteiger charge is -2.13. The second-order valence-corrected chi connectivity index (χ2v) is 5.88. The molecule has 1 aromatic rings. The highest BCUT2D eigenvalue weighted by Gasteiger charge is 2.22. The standard InChI is InChI=1S/C18H28N4O3/c1-3-19-18(20-13-17(23)21-14-8-9-14)22-15-6-4-7-16(12-15)25-11-5-10-24-2/h4,6-7,12,14H,3,5,8-11,13H2,1-2H3,(H,21,23)(H2,19,20,22). The van der Waals surface area contributed by atoms with E-state index in [1.165, 1.54) is 0 Å². The van der Waals surface area contributed by atoms with Gasteiger partial charge in [0.2, 0.25) is 5.91 Å². The number of rotatable bonds is 10. The van der Waals surface area contributed by atoms with Crippen LogP contribution in [-0.4, -0.2) is 51.3 Å². The molecule has 0 aliphatic heterocycles. The zero-order valence-corrected chi connectivity index (χ0v) is 15.0. The second-order valence-electron chi connectivity index (χ2n) is 5.88. The minimum absolute atomic E-state index is 0.0464. The number of nitrogens with one attached hydrogen (secondary N) is 3.